The Balaban J connectivity index is 2.31. The Morgan fingerprint density at radius 3 is 2.43 bits per heavy atom. The third-order valence-corrected chi connectivity index (χ3v) is 4.34. The molecule has 1 aliphatic rings. The second-order valence-electron chi connectivity index (χ2n) is 4.75. The van der Waals surface area contributed by atoms with Crippen molar-refractivity contribution in [3.63, 3.8) is 0 Å². The highest BCUT2D eigenvalue weighted by Crippen LogP contribution is 2.35. The van der Waals surface area contributed by atoms with E-state index in [0.29, 0.717) is 10.6 Å². The summed E-state index contributed by atoms with van der Waals surface area (Å²) in [5.74, 6) is -3.25. The number of nitrogens with one attached hydrogen (secondary N) is 2. The zero-order chi connectivity index (χ0) is 17.1. The molecule has 0 aliphatic carbocycles. The van der Waals surface area contributed by atoms with Gasteiger partial charge in [0.2, 0.25) is 11.8 Å². The van der Waals surface area contributed by atoms with Gasteiger partial charge >= 0.3 is 12.0 Å². The fraction of sp³-hybridized carbons (Fsp3) is 0.357. The number of hydrogen-bond donors (Lipinski definition) is 2. The van der Waals surface area contributed by atoms with Crippen LogP contribution in [0.25, 0.3) is 0 Å². The molecule has 1 aromatic heterocycles. The molecule has 0 saturated carbocycles. The summed E-state index contributed by atoms with van der Waals surface area (Å²) in [5, 5.41) is 4.32. The Hall–Kier alpha value is -2.55. The van der Waals surface area contributed by atoms with Crippen LogP contribution in [0.5, 0.6) is 0 Å². The van der Waals surface area contributed by atoms with E-state index in [1.165, 1.54) is 11.3 Å². The maximum absolute atomic E-state index is 12.0. The van der Waals surface area contributed by atoms with E-state index in [9.17, 15) is 19.2 Å². The standard InChI is InChI=1S/C14H15N3O5S/c1-4-22-13(20)9-6(2)7(3)23-12(9)15-5-8-10(18)16-14(21)17-11(8)19/h5,8H,4H2,1-3H3,(H2,16,17,18,19,21). The molecule has 122 valence electrons. The lowest BCUT2D eigenvalue weighted by molar-refractivity contribution is -0.132. The van der Waals surface area contributed by atoms with Crippen molar-refractivity contribution >= 4 is 46.4 Å². The molecule has 0 aromatic carbocycles. The average molecular weight is 337 g/mol. The first-order valence-corrected chi connectivity index (χ1v) is 7.63. The summed E-state index contributed by atoms with van der Waals surface area (Å²) in [5.41, 5.74) is 1.06. The van der Waals surface area contributed by atoms with Gasteiger partial charge in [0.15, 0.2) is 5.92 Å². The van der Waals surface area contributed by atoms with Crippen LogP contribution in [0.1, 0.15) is 27.7 Å². The van der Waals surface area contributed by atoms with Crippen LogP contribution in [0, 0.1) is 19.8 Å². The van der Waals surface area contributed by atoms with E-state index in [0.717, 1.165) is 16.7 Å². The fourth-order valence-corrected chi connectivity index (χ4v) is 2.95. The van der Waals surface area contributed by atoms with Crippen LogP contribution in [-0.2, 0) is 14.3 Å². The van der Waals surface area contributed by atoms with Crippen LogP contribution in [0.2, 0.25) is 0 Å². The second-order valence-corrected chi connectivity index (χ2v) is 5.95. The second kappa shape index (κ2) is 6.69. The minimum Gasteiger partial charge on any atom is -0.462 e. The minimum absolute atomic E-state index is 0.228. The molecule has 0 unspecified atom stereocenters. The Labute approximate surface area is 135 Å². The molecule has 1 saturated heterocycles. The topological polar surface area (TPSA) is 114 Å². The molecule has 1 fully saturated rings. The number of urea groups is 1. The monoisotopic (exact) mass is 337 g/mol. The van der Waals surface area contributed by atoms with Crippen LogP contribution in [0.3, 0.4) is 0 Å². The average Bonchev–Trinajstić information content (AvgIpc) is 2.73. The van der Waals surface area contributed by atoms with Crippen LogP contribution < -0.4 is 10.6 Å². The molecule has 8 nitrogen and oxygen atoms in total. The molecule has 0 radical (unpaired) electrons. The third-order valence-electron chi connectivity index (χ3n) is 3.23. The van der Waals surface area contributed by atoms with Crippen molar-refractivity contribution in [2.75, 3.05) is 6.61 Å². The van der Waals surface area contributed by atoms with Gasteiger partial charge in [0.1, 0.15) is 5.00 Å². The van der Waals surface area contributed by atoms with E-state index >= 15 is 0 Å². The number of aryl methyl sites for hydroxylation is 1. The number of hydrogen-bond acceptors (Lipinski definition) is 7. The number of carbonyl (C=O) groups is 4. The summed E-state index contributed by atoms with van der Waals surface area (Å²) in [6, 6.07) is -0.861. The molecule has 0 spiro atoms. The largest absolute Gasteiger partial charge is 0.462 e. The summed E-state index contributed by atoms with van der Waals surface area (Å²) < 4.78 is 5.00. The molecule has 1 aromatic rings. The number of ether oxygens (including phenoxy) is 1. The first kappa shape index (κ1) is 16.8. The maximum Gasteiger partial charge on any atom is 0.341 e. The van der Waals surface area contributed by atoms with Crippen molar-refractivity contribution in [3.05, 3.63) is 16.0 Å². The molecule has 23 heavy (non-hydrogen) atoms. The van der Waals surface area contributed by atoms with Gasteiger partial charge in [-0.15, -0.1) is 11.3 Å². The minimum atomic E-state index is -1.23. The van der Waals surface area contributed by atoms with Crippen molar-refractivity contribution < 1.29 is 23.9 Å². The zero-order valence-corrected chi connectivity index (χ0v) is 13.6. The maximum atomic E-state index is 12.0. The predicted molar refractivity (Wildman–Crippen MR) is 83.1 cm³/mol. The van der Waals surface area contributed by atoms with Gasteiger partial charge in [-0.3, -0.25) is 20.2 Å². The molecule has 9 heteroatoms. The smallest absolute Gasteiger partial charge is 0.341 e. The number of aliphatic imine (C=N–C) groups is 1. The molecule has 0 bridgehead atoms. The van der Waals surface area contributed by atoms with Gasteiger partial charge in [-0.1, -0.05) is 0 Å². The Morgan fingerprint density at radius 2 is 1.87 bits per heavy atom. The van der Waals surface area contributed by atoms with E-state index in [1.54, 1.807) is 13.8 Å². The van der Waals surface area contributed by atoms with Crippen LogP contribution in [-0.4, -0.2) is 36.6 Å². The van der Waals surface area contributed by atoms with Crippen molar-refractivity contribution in [3.8, 4) is 0 Å². The molecule has 2 heterocycles. The summed E-state index contributed by atoms with van der Waals surface area (Å²) >= 11 is 1.26. The molecule has 2 rings (SSSR count). The molecule has 4 amide bonds. The van der Waals surface area contributed by atoms with Crippen molar-refractivity contribution in [2.45, 2.75) is 20.8 Å². The fourth-order valence-electron chi connectivity index (χ4n) is 1.95. The summed E-state index contributed by atoms with van der Waals surface area (Å²) in [4.78, 5) is 51.3. The first-order chi connectivity index (χ1) is 10.8. The predicted octanol–water partition coefficient (Wildman–Crippen LogP) is 1.23. The number of amides is 4. The van der Waals surface area contributed by atoms with Crippen LogP contribution >= 0.6 is 11.3 Å². The van der Waals surface area contributed by atoms with Crippen molar-refractivity contribution in [1.82, 2.24) is 10.6 Å². The number of nitrogens with zero attached hydrogens (tertiary/aromatic N) is 1. The highest BCUT2D eigenvalue weighted by Gasteiger charge is 2.33. The van der Waals surface area contributed by atoms with Gasteiger partial charge < -0.3 is 4.74 Å². The van der Waals surface area contributed by atoms with Gasteiger partial charge in [-0.25, -0.2) is 14.6 Å². The van der Waals surface area contributed by atoms with E-state index in [2.05, 4.69) is 4.99 Å². The van der Waals surface area contributed by atoms with Gasteiger partial charge in [-0.05, 0) is 26.3 Å². The number of barbiturate groups is 1. The highest BCUT2D eigenvalue weighted by molar-refractivity contribution is 7.16. The lowest BCUT2D eigenvalue weighted by atomic mass is 10.1. The van der Waals surface area contributed by atoms with Gasteiger partial charge in [-0.2, -0.15) is 0 Å². The van der Waals surface area contributed by atoms with E-state index < -0.39 is 29.7 Å². The molecular formula is C14H15N3O5S. The molecular weight excluding hydrogens is 322 g/mol. The van der Waals surface area contributed by atoms with Gasteiger partial charge in [0, 0.05) is 11.1 Å². The van der Waals surface area contributed by atoms with Crippen LogP contribution in [0.4, 0.5) is 9.80 Å². The zero-order valence-electron chi connectivity index (χ0n) is 12.8. The normalized spacial score (nSPS) is 15.7. The van der Waals surface area contributed by atoms with E-state index in [1.807, 2.05) is 17.6 Å². The van der Waals surface area contributed by atoms with Crippen molar-refractivity contribution in [2.24, 2.45) is 10.9 Å². The van der Waals surface area contributed by atoms with Crippen molar-refractivity contribution in [1.29, 1.82) is 0 Å². The van der Waals surface area contributed by atoms with Gasteiger partial charge in [0.05, 0.1) is 12.2 Å². The summed E-state index contributed by atoms with van der Waals surface area (Å²) in [7, 11) is 0. The lowest BCUT2D eigenvalue weighted by Crippen LogP contribution is -2.56. The molecule has 1 aliphatic heterocycles. The Bertz CT molecular complexity index is 702. The van der Waals surface area contributed by atoms with Crippen LogP contribution in [0.15, 0.2) is 4.99 Å². The van der Waals surface area contributed by atoms with E-state index in [-0.39, 0.29) is 6.61 Å². The first-order valence-electron chi connectivity index (χ1n) is 6.82. The summed E-state index contributed by atoms with van der Waals surface area (Å²) in [6.45, 7) is 5.53. The van der Waals surface area contributed by atoms with Gasteiger partial charge in [0.25, 0.3) is 0 Å². The lowest BCUT2D eigenvalue weighted by Gasteiger charge is -2.16. The number of imide groups is 2. The molecule has 2 N–H and O–H groups in total. The van der Waals surface area contributed by atoms with E-state index in [4.69, 9.17) is 4.74 Å². The quantitative estimate of drug-likeness (QED) is 0.487. The molecule has 0 atom stereocenters. The number of thiophene rings is 1. The Morgan fingerprint density at radius 1 is 1.26 bits per heavy atom. The third kappa shape index (κ3) is 3.45. The summed E-state index contributed by atoms with van der Waals surface area (Å²) in [6.07, 6.45) is 1.12. The SMILES string of the molecule is CCOC(=O)c1c(N=CC2C(=O)NC(=O)NC2=O)sc(C)c1C. The number of carbonyl (C=O) groups excluding carboxylic acids is 4. The number of rotatable bonds is 4. The highest BCUT2D eigenvalue weighted by atomic mass is 32.1. The number of esters is 1. The Kier molecular flexibility index (Phi) is 4.89.